The number of hydrogen-bond donors (Lipinski definition) is 6. The topological polar surface area (TPSA) is 196 Å². The van der Waals surface area contributed by atoms with E-state index in [-0.39, 0.29) is 6.42 Å². The summed E-state index contributed by atoms with van der Waals surface area (Å²) in [6.45, 7) is 2.47. The summed E-state index contributed by atoms with van der Waals surface area (Å²) >= 11 is 0.403. The highest BCUT2D eigenvalue weighted by Gasteiger charge is 2.47. The predicted octanol–water partition coefficient (Wildman–Crippen LogP) is 0.596. The van der Waals surface area contributed by atoms with Crippen LogP contribution in [0.1, 0.15) is 23.7 Å². The number of carboxylic acids is 2. The number of aryl methyl sites for hydroxylation is 1. The maximum atomic E-state index is 12.4. The zero-order chi connectivity index (χ0) is 27.8. The van der Waals surface area contributed by atoms with Gasteiger partial charge in [-0.05, 0) is 53.9 Å². The number of benzene rings is 1. The van der Waals surface area contributed by atoms with Gasteiger partial charge in [0.2, 0.25) is 0 Å². The lowest BCUT2D eigenvalue weighted by Gasteiger charge is -2.38. The molecule has 0 radical (unpaired) electrons. The van der Waals surface area contributed by atoms with Gasteiger partial charge in [-0.15, -0.1) is 0 Å². The standard InChI is InChI=1S/C25H30N2O10S/c1-2-13-3-6-15(26-12-13)9-10-36-16-7-4-14(5-8-16)11-17(23(31)32)38-25(35)27-22-20(30)18(28)19(29)21(37-22)24(33)34/h3-8,12,17-22,28-30H,2,9-11H2,1H3,(H,27,35)(H,31,32)(H,33,34)/t17?,18-,19-,20+,21-,22+/m0/s1. The highest BCUT2D eigenvalue weighted by Crippen LogP contribution is 2.24. The lowest BCUT2D eigenvalue weighted by atomic mass is 9.98. The van der Waals surface area contributed by atoms with E-state index in [9.17, 15) is 34.8 Å². The van der Waals surface area contributed by atoms with Gasteiger partial charge in [0.05, 0.1) is 6.61 Å². The molecule has 1 fully saturated rings. The number of aliphatic hydroxyl groups excluding tert-OH is 3. The number of nitrogens with zero attached hydrogens (tertiary/aromatic N) is 1. The number of aromatic nitrogens is 1. The quantitative estimate of drug-likeness (QED) is 0.228. The molecule has 6 atom stereocenters. The number of aliphatic carboxylic acids is 2. The number of aliphatic hydroxyl groups is 3. The molecule has 12 nitrogen and oxygen atoms in total. The molecule has 3 rings (SSSR count). The summed E-state index contributed by atoms with van der Waals surface area (Å²) in [5.41, 5.74) is 2.69. The third-order valence-corrected chi connectivity index (χ3v) is 6.89. The Hall–Kier alpha value is -3.23. The van der Waals surface area contributed by atoms with Gasteiger partial charge in [0.1, 0.15) is 29.3 Å². The predicted molar refractivity (Wildman–Crippen MR) is 135 cm³/mol. The Kier molecular flexibility index (Phi) is 10.4. The van der Waals surface area contributed by atoms with Gasteiger partial charge in [-0.25, -0.2) is 4.79 Å². The number of rotatable bonds is 11. The minimum absolute atomic E-state index is 0.0193. The Morgan fingerprint density at radius 1 is 1.03 bits per heavy atom. The molecular formula is C25H30N2O10S. The van der Waals surface area contributed by atoms with E-state index < -0.39 is 53.1 Å². The molecule has 2 aromatic rings. The average molecular weight is 551 g/mol. The maximum absolute atomic E-state index is 12.4. The first-order chi connectivity index (χ1) is 18.1. The highest BCUT2D eigenvalue weighted by atomic mass is 32.2. The molecule has 38 heavy (non-hydrogen) atoms. The van der Waals surface area contributed by atoms with Crippen LogP contribution in [0.3, 0.4) is 0 Å². The van der Waals surface area contributed by atoms with Crippen molar-refractivity contribution in [1.29, 1.82) is 0 Å². The van der Waals surface area contributed by atoms with E-state index in [4.69, 9.17) is 14.6 Å². The fraction of sp³-hybridized carbons (Fsp3) is 0.440. The molecule has 0 spiro atoms. The lowest BCUT2D eigenvalue weighted by Crippen LogP contribution is -2.63. The summed E-state index contributed by atoms with van der Waals surface area (Å²) in [6, 6.07) is 10.7. The summed E-state index contributed by atoms with van der Waals surface area (Å²) < 4.78 is 10.7. The smallest absolute Gasteiger partial charge is 0.335 e. The van der Waals surface area contributed by atoms with Crippen LogP contribution in [0.2, 0.25) is 0 Å². The second-order valence-electron chi connectivity index (χ2n) is 8.62. The Balaban J connectivity index is 1.51. The second kappa shape index (κ2) is 13.5. The van der Waals surface area contributed by atoms with Crippen LogP contribution in [0.15, 0.2) is 42.6 Å². The number of thioether (sulfide) groups is 1. The van der Waals surface area contributed by atoms with Crippen molar-refractivity contribution < 1.29 is 49.4 Å². The molecule has 1 saturated heterocycles. The van der Waals surface area contributed by atoms with Crippen molar-refractivity contribution in [3.8, 4) is 5.75 Å². The van der Waals surface area contributed by atoms with Gasteiger partial charge in [-0.2, -0.15) is 0 Å². The first kappa shape index (κ1) is 29.3. The molecule has 0 bridgehead atoms. The van der Waals surface area contributed by atoms with E-state index in [1.54, 1.807) is 24.3 Å². The SMILES string of the molecule is CCc1ccc(CCOc2ccc(CC(SC(=O)N[C@@H]3O[C@H](C(=O)O)[C@@H](O)[C@H](O)[C@H]3O)C(=O)O)cc2)nc1. The van der Waals surface area contributed by atoms with E-state index in [1.165, 1.54) is 0 Å². The van der Waals surface area contributed by atoms with Gasteiger partial charge in [0.15, 0.2) is 12.3 Å². The Morgan fingerprint density at radius 3 is 2.29 bits per heavy atom. The van der Waals surface area contributed by atoms with Crippen LogP contribution in [0.5, 0.6) is 5.75 Å². The fourth-order valence-electron chi connectivity index (χ4n) is 3.68. The van der Waals surface area contributed by atoms with Gasteiger partial charge in [-0.1, -0.05) is 25.1 Å². The van der Waals surface area contributed by atoms with Gasteiger partial charge in [0.25, 0.3) is 5.24 Å². The van der Waals surface area contributed by atoms with Crippen LogP contribution in [0.25, 0.3) is 0 Å². The van der Waals surface area contributed by atoms with E-state index in [1.807, 2.05) is 18.3 Å². The molecule has 1 aromatic heterocycles. The molecule has 1 aliphatic rings. The number of carbonyl (C=O) groups is 3. The Morgan fingerprint density at radius 2 is 1.71 bits per heavy atom. The van der Waals surface area contributed by atoms with Crippen molar-refractivity contribution in [2.75, 3.05) is 6.61 Å². The fourth-order valence-corrected chi connectivity index (χ4v) is 4.50. The molecule has 1 unspecified atom stereocenters. The number of carboxylic acid groups (broad SMARTS) is 2. The van der Waals surface area contributed by atoms with Crippen molar-refractivity contribution in [1.82, 2.24) is 10.3 Å². The molecule has 1 aliphatic heterocycles. The van der Waals surface area contributed by atoms with E-state index >= 15 is 0 Å². The largest absolute Gasteiger partial charge is 0.493 e. The van der Waals surface area contributed by atoms with Crippen molar-refractivity contribution in [2.24, 2.45) is 0 Å². The minimum Gasteiger partial charge on any atom is -0.493 e. The van der Waals surface area contributed by atoms with Crippen molar-refractivity contribution >= 4 is 28.9 Å². The third kappa shape index (κ3) is 7.88. The summed E-state index contributed by atoms with van der Waals surface area (Å²) in [4.78, 5) is 39.8. The molecule has 1 aromatic carbocycles. The number of nitrogens with one attached hydrogen (secondary N) is 1. The van der Waals surface area contributed by atoms with E-state index in [0.717, 1.165) is 17.7 Å². The third-order valence-electron chi connectivity index (χ3n) is 5.91. The molecule has 2 heterocycles. The normalized spacial score (nSPS) is 23.8. The number of ether oxygens (including phenoxy) is 2. The average Bonchev–Trinajstić information content (AvgIpc) is 2.89. The molecule has 0 aliphatic carbocycles. The van der Waals surface area contributed by atoms with Gasteiger partial charge in [0, 0.05) is 18.3 Å². The molecule has 1 amide bonds. The number of carbonyl (C=O) groups excluding carboxylic acids is 1. The van der Waals surface area contributed by atoms with Crippen molar-refractivity contribution in [3.05, 3.63) is 59.4 Å². The number of amides is 1. The first-order valence-electron chi connectivity index (χ1n) is 11.9. The number of pyridine rings is 1. The molecule has 13 heteroatoms. The molecule has 6 N–H and O–H groups in total. The van der Waals surface area contributed by atoms with Crippen LogP contribution in [-0.4, -0.2) is 90.2 Å². The van der Waals surface area contributed by atoms with Gasteiger partial charge >= 0.3 is 11.9 Å². The van der Waals surface area contributed by atoms with Crippen LogP contribution in [-0.2, 0) is 33.6 Å². The summed E-state index contributed by atoms with van der Waals surface area (Å²) in [6.07, 6.45) is -5.82. The minimum atomic E-state index is -1.91. The van der Waals surface area contributed by atoms with Crippen LogP contribution in [0, 0.1) is 0 Å². The molecular weight excluding hydrogens is 520 g/mol. The first-order valence-corrected chi connectivity index (χ1v) is 12.7. The summed E-state index contributed by atoms with van der Waals surface area (Å²) in [7, 11) is 0. The van der Waals surface area contributed by atoms with Crippen molar-refractivity contribution in [2.45, 2.75) is 62.1 Å². The van der Waals surface area contributed by atoms with Gasteiger partial charge in [-0.3, -0.25) is 14.6 Å². The zero-order valence-corrected chi connectivity index (χ0v) is 21.3. The lowest BCUT2D eigenvalue weighted by molar-refractivity contribution is -0.230. The number of hydrogen-bond acceptors (Lipinski definition) is 10. The maximum Gasteiger partial charge on any atom is 0.335 e. The Bertz CT molecular complexity index is 1100. The van der Waals surface area contributed by atoms with Gasteiger partial charge < -0.3 is 40.3 Å². The van der Waals surface area contributed by atoms with Crippen LogP contribution in [0.4, 0.5) is 4.79 Å². The van der Waals surface area contributed by atoms with E-state index in [0.29, 0.717) is 36.1 Å². The van der Waals surface area contributed by atoms with Crippen LogP contribution >= 0.6 is 11.8 Å². The highest BCUT2D eigenvalue weighted by molar-refractivity contribution is 8.14. The monoisotopic (exact) mass is 550 g/mol. The van der Waals surface area contributed by atoms with Crippen LogP contribution < -0.4 is 10.1 Å². The Labute approximate surface area is 222 Å². The molecule has 206 valence electrons. The second-order valence-corrected chi connectivity index (χ2v) is 9.80. The summed E-state index contributed by atoms with van der Waals surface area (Å²) in [5.74, 6) is -2.28. The molecule has 0 saturated carbocycles. The van der Waals surface area contributed by atoms with Crippen molar-refractivity contribution in [3.63, 3.8) is 0 Å². The van der Waals surface area contributed by atoms with E-state index in [2.05, 4.69) is 17.2 Å². The zero-order valence-electron chi connectivity index (χ0n) is 20.5. The summed E-state index contributed by atoms with van der Waals surface area (Å²) in [5, 5.41) is 48.3.